The number of benzene rings is 1. The maximum atomic E-state index is 13.5. The molecule has 18 heavy (non-hydrogen) atoms. The van der Waals surface area contributed by atoms with Crippen LogP contribution in [0.2, 0.25) is 0 Å². The molecule has 1 aromatic heterocycles. The van der Waals surface area contributed by atoms with Crippen LogP contribution in [0.3, 0.4) is 0 Å². The van der Waals surface area contributed by atoms with Gasteiger partial charge in [0, 0.05) is 11.5 Å². The molecule has 5 heteroatoms. The summed E-state index contributed by atoms with van der Waals surface area (Å²) in [6.07, 6.45) is 3.81. The monoisotopic (exact) mass is 246 g/mol. The highest BCUT2D eigenvalue weighted by atomic mass is 19.1. The van der Waals surface area contributed by atoms with Gasteiger partial charge >= 0.3 is 0 Å². The van der Waals surface area contributed by atoms with Crippen LogP contribution >= 0.6 is 0 Å². The third-order valence-corrected chi connectivity index (χ3v) is 3.28. The van der Waals surface area contributed by atoms with Crippen LogP contribution in [0.1, 0.15) is 41.4 Å². The maximum Gasteiger partial charge on any atom is 0.230 e. The number of aromatic nitrogens is 2. The Bertz CT molecular complexity index is 590. The lowest BCUT2D eigenvalue weighted by molar-refractivity contribution is 0.112. The molecule has 0 amide bonds. The molecule has 0 aliphatic heterocycles. The minimum atomic E-state index is -0.572. The van der Waals surface area contributed by atoms with Crippen molar-refractivity contribution in [2.24, 2.45) is 0 Å². The Labute approximate surface area is 103 Å². The van der Waals surface area contributed by atoms with E-state index in [0.29, 0.717) is 29.5 Å². The van der Waals surface area contributed by atoms with Crippen LogP contribution in [0.25, 0.3) is 11.4 Å². The quantitative estimate of drug-likeness (QED) is 0.781. The first-order valence-electron chi connectivity index (χ1n) is 5.86. The number of halogens is 1. The molecule has 0 unspecified atom stereocenters. The van der Waals surface area contributed by atoms with E-state index in [1.54, 1.807) is 6.07 Å². The predicted octanol–water partition coefficient (Wildman–Crippen LogP) is 2.96. The molecular weight excluding hydrogens is 235 g/mol. The second-order valence-electron chi connectivity index (χ2n) is 4.44. The minimum absolute atomic E-state index is 0.0291. The Kier molecular flexibility index (Phi) is 2.66. The van der Waals surface area contributed by atoms with E-state index in [4.69, 9.17) is 4.52 Å². The summed E-state index contributed by atoms with van der Waals surface area (Å²) in [7, 11) is 0. The lowest BCUT2D eigenvalue weighted by atomic mass is 9.85. The highest BCUT2D eigenvalue weighted by Gasteiger charge is 2.25. The minimum Gasteiger partial charge on any atom is -0.339 e. The van der Waals surface area contributed by atoms with E-state index in [1.165, 1.54) is 18.6 Å². The van der Waals surface area contributed by atoms with E-state index in [0.717, 1.165) is 12.8 Å². The molecule has 3 rings (SSSR count). The number of carbonyl (C=O) groups is 1. The lowest BCUT2D eigenvalue weighted by Crippen LogP contribution is -2.08. The van der Waals surface area contributed by atoms with Gasteiger partial charge in [-0.05, 0) is 25.0 Å². The van der Waals surface area contributed by atoms with Gasteiger partial charge in [-0.15, -0.1) is 0 Å². The highest BCUT2D eigenvalue weighted by molar-refractivity contribution is 5.76. The molecule has 4 nitrogen and oxygen atoms in total. The number of nitrogens with zero attached hydrogens (tertiary/aromatic N) is 2. The summed E-state index contributed by atoms with van der Waals surface area (Å²) in [6, 6.07) is 4.28. The van der Waals surface area contributed by atoms with Crippen molar-refractivity contribution in [2.75, 3.05) is 0 Å². The fourth-order valence-corrected chi connectivity index (χ4v) is 1.94. The fraction of sp³-hybridized carbons (Fsp3) is 0.308. The van der Waals surface area contributed by atoms with Gasteiger partial charge < -0.3 is 4.52 Å². The number of carbonyl (C=O) groups excluding carboxylic acids is 1. The summed E-state index contributed by atoms with van der Waals surface area (Å²) in [5.74, 6) is 0.771. The lowest BCUT2D eigenvalue weighted by Gasteiger charge is -2.20. The van der Waals surface area contributed by atoms with Gasteiger partial charge in [-0.2, -0.15) is 4.98 Å². The van der Waals surface area contributed by atoms with Crippen LogP contribution in [0.5, 0.6) is 0 Å². The molecule has 0 N–H and O–H groups in total. The van der Waals surface area contributed by atoms with E-state index in [-0.39, 0.29) is 5.56 Å². The van der Waals surface area contributed by atoms with E-state index in [9.17, 15) is 9.18 Å². The van der Waals surface area contributed by atoms with Crippen LogP contribution in [0.4, 0.5) is 4.39 Å². The average Bonchev–Trinajstić information content (AvgIpc) is 2.76. The molecule has 1 fully saturated rings. The first kappa shape index (κ1) is 11.1. The summed E-state index contributed by atoms with van der Waals surface area (Å²) in [5.41, 5.74) is 0.550. The summed E-state index contributed by atoms with van der Waals surface area (Å²) in [5, 5.41) is 3.84. The van der Waals surface area contributed by atoms with Crippen LogP contribution in [-0.2, 0) is 0 Å². The molecule has 1 heterocycles. The van der Waals surface area contributed by atoms with Gasteiger partial charge in [0.15, 0.2) is 6.29 Å². The van der Waals surface area contributed by atoms with Crippen molar-refractivity contribution in [3.05, 3.63) is 35.5 Å². The maximum absolute atomic E-state index is 13.5. The van der Waals surface area contributed by atoms with Crippen molar-refractivity contribution in [3.8, 4) is 11.4 Å². The summed E-state index contributed by atoms with van der Waals surface area (Å²) in [6.45, 7) is 0. The van der Waals surface area contributed by atoms with E-state index < -0.39 is 5.82 Å². The van der Waals surface area contributed by atoms with Gasteiger partial charge in [-0.25, -0.2) is 4.39 Å². The standard InChI is InChI=1S/C13H11FN2O2/c14-11-6-9(4-5-10(11)7-17)12-15-13(18-16-12)8-2-1-3-8/h4-8H,1-3H2. The van der Waals surface area contributed by atoms with E-state index in [2.05, 4.69) is 10.1 Å². The molecule has 1 aliphatic carbocycles. The molecule has 0 bridgehead atoms. The molecule has 0 saturated heterocycles. The summed E-state index contributed by atoms with van der Waals surface area (Å²) < 4.78 is 18.6. The fourth-order valence-electron chi connectivity index (χ4n) is 1.94. The third kappa shape index (κ3) is 1.81. The number of rotatable bonds is 3. The topological polar surface area (TPSA) is 56.0 Å². The second kappa shape index (κ2) is 4.33. The van der Waals surface area contributed by atoms with Crippen LogP contribution in [0, 0.1) is 5.82 Å². The smallest absolute Gasteiger partial charge is 0.230 e. The number of hydrogen-bond donors (Lipinski definition) is 0. The Hall–Kier alpha value is -2.04. The zero-order valence-electron chi connectivity index (χ0n) is 9.60. The zero-order chi connectivity index (χ0) is 12.5. The first-order valence-corrected chi connectivity index (χ1v) is 5.86. The average molecular weight is 246 g/mol. The second-order valence-corrected chi connectivity index (χ2v) is 4.44. The van der Waals surface area contributed by atoms with Crippen LogP contribution in [0.15, 0.2) is 22.7 Å². The van der Waals surface area contributed by atoms with E-state index in [1.807, 2.05) is 0 Å². The Morgan fingerprint density at radius 3 is 2.83 bits per heavy atom. The molecule has 1 aromatic carbocycles. The molecule has 0 radical (unpaired) electrons. The van der Waals surface area contributed by atoms with Gasteiger partial charge in [0.1, 0.15) is 5.82 Å². The van der Waals surface area contributed by atoms with Crippen molar-refractivity contribution in [3.63, 3.8) is 0 Å². The molecular formula is C13H11FN2O2. The summed E-state index contributed by atoms with van der Waals surface area (Å²) in [4.78, 5) is 14.8. The van der Waals surface area contributed by atoms with Crippen molar-refractivity contribution in [1.82, 2.24) is 10.1 Å². The number of hydrogen-bond acceptors (Lipinski definition) is 4. The van der Waals surface area contributed by atoms with Crippen molar-refractivity contribution >= 4 is 6.29 Å². The highest BCUT2D eigenvalue weighted by Crippen LogP contribution is 2.36. The van der Waals surface area contributed by atoms with Gasteiger partial charge in [0.25, 0.3) is 0 Å². The molecule has 0 atom stereocenters. The Morgan fingerprint density at radius 1 is 1.39 bits per heavy atom. The molecule has 0 spiro atoms. The van der Waals surface area contributed by atoms with Crippen molar-refractivity contribution in [1.29, 1.82) is 0 Å². The predicted molar refractivity (Wildman–Crippen MR) is 61.7 cm³/mol. The normalized spacial score (nSPS) is 15.4. The zero-order valence-corrected chi connectivity index (χ0v) is 9.60. The molecule has 2 aromatic rings. The largest absolute Gasteiger partial charge is 0.339 e. The Morgan fingerprint density at radius 2 is 2.22 bits per heavy atom. The molecule has 1 saturated carbocycles. The van der Waals surface area contributed by atoms with Gasteiger partial charge in [0.05, 0.1) is 5.56 Å². The molecule has 92 valence electrons. The van der Waals surface area contributed by atoms with Gasteiger partial charge in [0.2, 0.25) is 11.7 Å². The van der Waals surface area contributed by atoms with E-state index >= 15 is 0 Å². The third-order valence-electron chi connectivity index (χ3n) is 3.28. The SMILES string of the molecule is O=Cc1ccc(-c2noc(C3CCC3)n2)cc1F. The number of aldehydes is 1. The van der Waals surface area contributed by atoms with Crippen LogP contribution in [-0.4, -0.2) is 16.4 Å². The Balaban J connectivity index is 1.91. The van der Waals surface area contributed by atoms with Crippen molar-refractivity contribution in [2.45, 2.75) is 25.2 Å². The van der Waals surface area contributed by atoms with Gasteiger partial charge in [-0.3, -0.25) is 4.79 Å². The molecule has 1 aliphatic rings. The van der Waals surface area contributed by atoms with Crippen molar-refractivity contribution < 1.29 is 13.7 Å². The first-order chi connectivity index (χ1) is 8.78. The van der Waals surface area contributed by atoms with Gasteiger partial charge in [-0.1, -0.05) is 17.6 Å². The van der Waals surface area contributed by atoms with Crippen LogP contribution < -0.4 is 0 Å². The summed E-state index contributed by atoms with van der Waals surface area (Å²) >= 11 is 0.